The van der Waals surface area contributed by atoms with Gasteiger partial charge in [0.15, 0.2) is 11.5 Å². The third-order valence-corrected chi connectivity index (χ3v) is 3.79. The number of para-hydroxylation sites is 2. The first-order valence-electron chi connectivity index (χ1n) is 6.83. The number of methoxy groups -OCH3 is 1. The number of ether oxygens (including phenoxy) is 2. The summed E-state index contributed by atoms with van der Waals surface area (Å²) in [6, 6.07) is 7.52. The van der Waals surface area contributed by atoms with Gasteiger partial charge in [0.2, 0.25) is 0 Å². The van der Waals surface area contributed by atoms with Crippen LogP contribution in [0.2, 0.25) is 0 Å². The fraction of sp³-hybridized carbons (Fsp3) is 0.600. The van der Waals surface area contributed by atoms with E-state index in [1.165, 1.54) is 0 Å². The minimum absolute atomic E-state index is 0.328. The Balaban J connectivity index is 1.84. The van der Waals surface area contributed by atoms with Gasteiger partial charge < -0.3 is 19.5 Å². The number of hydrogen-bond donors (Lipinski definition) is 1. The molecule has 1 fully saturated rings. The summed E-state index contributed by atoms with van der Waals surface area (Å²) in [5, 5.41) is 10.2. The second-order valence-electron chi connectivity index (χ2n) is 5.17. The number of piperidine rings is 1. The highest BCUT2D eigenvalue weighted by atomic mass is 16.5. The van der Waals surface area contributed by atoms with Crippen LogP contribution in [-0.2, 0) is 0 Å². The molecule has 4 heteroatoms. The van der Waals surface area contributed by atoms with Crippen molar-refractivity contribution in [3.8, 4) is 11.5 Å². The summed E-state index contributed by atoms with van der Waals surface area (Å²) in [5.41, 5.74) is 0. The molecule has 0 amide bonds. The summed E-state index contributed by atoms with van der Waals surface area (Å²) in [4.78, 5) is 2.30. The van der Waals surface area contributed by atoms with Crippen molar-refractivity contribution in [2.24, 2.45) is 5.92 Å². The molecule has 1 atom stereocenters. The smallest absolute Gasteiger partial charge is 0.161 e. The van der Waals surface area contributed by atoms with Crippen molar-refractivity contribution in [3.05, 3.63) is 24.3 Å². The number of hydrogen-bond acceptors (Lipinski definition) is 4. The third kappa shape index (κ3) is 3.85. The Morgan fingerprint density at radius 2 is 1.89 bits per heavy atom. The van der Waals surface area contributed by atoms with Gasteiger partial charge in [0.1, 0.15) is 6.61 Å². The average molecular weight is 265 g/mol. The highest BCUT2D eigenvalue weighted by Gasteiger charge is 2.24. The van der Waals surface area contributed by atoms with Crippen molar-refractivity contribution in [2.75, 3.05) is 33.9 Å². The van der Waals surface area contributed by atoms with Crippen LogP contribution in [0.4, 0.5) is 0 Å². The number of rotatable bonds is 5. The summed E-state index contributed by atoms with van der Waals surface area (Å²) < 4.78 is 10.9. The normalized spacial score (nSPS) is 19.1. The van der Waals surface area contributed by atoms with E-state index in [0.717, 1.165) is 25.9 Å². The van der Waals surface area contributed by atoms with E-state index in [1.807, 2.05) is 24.3 Å². The fourth-order valence-electron chi connectivity index (χ4n) is 2.46. The van der Waals surface area contributed by atoms with Gasteiger partial charge >= 0.3 is 0 Å². The van der Waals surface area contributed by atoms with Gasteiger partial charge in [-0.2, -0.15) is 0 Å². The molecule has 0 bridgehead atoms. The molecule has 0 spiro atoms. The Morgan fingerprint density at radius 3 is 2.53 bits per heavy atom. The number of nitrogens with zero attached hydrogens (tertiary/aromatic N) is 1. The van der Waals surface area contributed by atoms with Gasteiger partial charge in [0, 0.05) is 0 Å². The van der Waals surface area contributed by atoms with Crippen molar-refractivity contribution in [1.29, 1.82) is 0 Å². The van der Waals surface area contributed by atoms with Crippen LogP contribution in [-0.4, -0.2) is 50.0 Å². The largest absolute Gasteiger partial charge is 0.493 e. The van der Waals surface area contributed by atoms with Gasteiger partial charge in [-0.25, -0.2) is 0 Å². The molecular weight excluding hydrogens is 242 g/mol. The molecule has 19 heavy (non-hydrogen) atoms. The van der Waals surface area contributed by atoms with Crippen LogP contribution in [0.25, 0.3) is 0 Å². The first kappa shape index (κ1) is 14.2. The molecule has 1 aromatic rings. The third-order valence-electron chi connectivity index (χ3n) is 3.79. The Bertz CT molecular complexity index is 389. The van der Waals surface area contributed by atoms with E-state index in [0.29, 0.717) is 24.0 Å². The molecule has 106 valence electrons. The van der Waals surface area contributed by atoms with Crippen molar-refractivity contribution in [1.82, 2.24) is 4.90 Å². The topological polar surface area (TPSA) is 41.9 Å². The molecule has 0 aliphatic carbocycles. The van der Waals surface area contributed by atoms with Crippen molar-refractivity contribution in [3.63, 3.8) is 0 Å². The minimum Gasteiger partial charge on any atom is -0.493 e. The van der Waals surface area contributed by atoms with E-state index < -0.39 is 6.10 Å². The average Bonchev–Trinajstić information content (AvgIpc) is 2.45. The van der Waals surface area contributed by atoms with Crippen LogP contribution in [0.5, 0.6) is 11.5 Å². The number of benzene rings is 1. The highest BCUT2D eigenvalue weighted by molar-refractivity contribution is 5.39. The van der Waals surface area contributed by atoms with Crippen molar-refractivity contribution >= 4 is 0 Å². The SMILES string of the molecule is COc1ccccc1OCC(O)C1CCN(C)CC1. The van der Waals surface area contributed by atoms with Gasteiger partial charge in [0.05, 0.1) is 13.2 Å². The molecule has 0 aromatic heterocycles. The predicted octanol–water partition coefficient (Wildman–Crippen LogP) is 1.78. The van der Waals surface area contributed by atoms with Gasteiger partial charge in [0.25, 0.3) is 0 Å². The molecule has 1 aromatic carbocycles. The van der Waals surface area contributed by atoms with E-state index in [9.17, 15) is 5.11 Å². The maximum atomic E-state index is 10.2. The van der Waals surface area contributed by atoms with Crippen LogP contribution in [0.15, 0.2) is 24.3 Å². The van der Waals surface area contributed by atoms with Crippen molar-refractivity contribution in [2.45, 2.75) is 18.9 Å². The summed E-state index contributed by atoms with van der Waals surface area (Å²) >= 11 is 0. The van der Waals surface area contributed by atoms with Gasteiger partial charge in [-0.1, -0.05) is 12.1 Å². The first-order valence-corrected chi connectivity index (χ1v) is 6.83. The molecule has 1 heterocycles. The standard InChI is InChI=1S/C15H23NO3/c1-16-9-7-12(8-10-16)13(17)11-19-15-6-4-3-5-14(15)18-2/h3-6,12-13,17H,7-11H2,1-2H3. The predicted molar refractivity (Wildman–Crippen MR) is 74.7 cm³/mol. The molecule has 1 unspecified atom stereocenters. The van der Waals surface area contributed by atoms with Crippen LogP contribution < -0.4 is 9.47 Å². The lowest BCUT2D eigenvalue weighted by Crippen LogP contribution is -2.37. The Kier molecular flexibility index (Phi) is 5.05. The molecule has 1 N–H and O–H groups in total. The van der Waals surface area contributed by atoms with Gasteiger partial charge in [-0.3, -0.25) is 0 Å². The minimum atomic E-state index is -0.404. The van der Waals surface area contributed by atoms with E-state index in [1.54, 1.807) is 7.11 Å². The number of aliphatic hydroxyl groups is 1. The highest BCUT2D eigenvalue weighted by Crippen LogP contribution is 2.27. The second kappa shape index (κ2) is 6.78. The molecule has 0 radical (unpaired) electrons. The molecule has 1 aliphatic rings. The van der Waals surface area contributed by atoms with Crippen molar-refractivity contribution < 1.29 is 14.6 Å². The summed E-state index contributed by atoms with van der Waals surface area (Å²) in [6.07, 6.45) is 1.67. The van der Waals surface area contributed by atoms with E-state index in [2.05, 4.69) is 11.9 Å². The van der Waals surface area contributed by atoms with E-state index >= 15 is 0 Å². The number of aliphatic hydroxyl groups excluding tert-OH is 1. The second-order valence-corrected chi connectivity index (χ2v) is 5.17. The van der Waals surface area contributed by atoms with E-state index in [4.69, 9.17) is 9.47 Å². The lowest BCUT2D eigenvalue weighted by atomic mass is 9.92. The molecule has 4 nitrogen and oxygen atoms in total. The zero-order valence-corrected chi connectivity index (χ0v) is 11.7. The first-order chi connectivity index (χ1) is 9.20. The lowest BCUT2D eigenvalue weighted by molar-refractivity contribution is 0.0292. The Labute approximate surface area is 114 Å². The quantitative estimate of drug-likeness (QED) is 0.881. The van der Waals surface area contributed by atoms with Gasteiger partial charge in [-0.05, 0) is 51.0 Å². The molecule has 1 aliphatic heterocycles. The van der Waals surface area contributed by atoms with Crippen LogP contribution in [0, 0.1) is 5.92 Å². The van der Waals surface area contributed by atoms with Crippen LogP contribution in [0.3, 0.4) is 0 Å². The maximum Gasteiger partial charge on any atom is 0.161 e. The Morgan fingerprint density at radius 1 is 1.26 bits per heavy atom. The summed E-state index contributed by atoms with van der Waals surface area (Å²) in [6.45, 7) is 2.43. The summed E-state index contributed by atoms with van der Waals surface area (Å²) in [5.74, 6) is 1.74. The van der Waals surface area contributed by atoms with Crippen LogP contribution in [0.1, 0.15) is 12.8 Å². The van der Waals surface area contributed by atoms with Gasteiger partial charge in [-0.15, -0.1) is 0 Å². The van der Waals surface area contributed by atoms with Crippen LogP contribution >= 0.6 is 0 Å². The molecular formula is C15H23NO3. The fourth-order valence-corrected chi connectivity index (χ4v) is 2.46. The zero-order valence-electron chi connectivity index (χ0n) is 11.7. The monoisotopic (exact) mass is 265 g/mol. The molecule has 2 rings (SSSR count). The maximum absolute atomic E-state index is 10.2. The zero-order chi connectivity index (χ0) is 13.7. The lowest BCUT2D eigenvalue weighted by Gasteiger charge is -2.31. The van der Waals surface area contributed by atoms with E-state index in [-0.39, 0.29) is 0 Å². The molecule has 0 saturated carbocycles. The summed E-state index contributed by atoms with van der Waals surface area (Å²) in [7, 11) is 3.74. The molecule has 1 saturated heterocycles. The Hall–Kier alpha value is -1.26. The number of likely N-dealkylation sites (tertiary alicyclic amines) is 1.